The fourth-order valence-corrected chi connectivity index (χ4v) is 3.42. The van der Waals surface area contributed by atoms with Crippen LogP contribution in [0.5, 0.6) is 0 Å². The van der Waals surface area contributed by atoms with Crippen molar-refractivity contribution in [2.75, 3.05) is 17.2 Å². The molecule has 106 valence electrons. The number of nitrogens with zero attached hydrogens (tertiary/aromatic N) is 2. The second-order valence-electron chi connectivity index (χ2n) is 4.88. The molecule has 1 fully saturated rings. The van der Waals surface area contributed by atoms with E-state index in [1.54, 1.807) is 23.1 Å². The molecule has 1 saturated heterocycles. The first kappa shape index (κ1) is 13.1. The fourth-order valence-electron chi connectivity index (χ4n) is 2.54. The van der Waals surface area contributed by atoms with E-state index in [4.69, 9.17) is 9.56 Å². The molecule has 20 heavy (non-hydrogen) atoms. The molecular weight excluding hydrogens is 282 g/mol. The molecule has 7 nitrogen and oxygen atoms in total. The van der Waals surface area contributed by atoms with Crippen molar-refractivity contribution >= 4 is 32.7 Å². The Hall–Kier alpha value is -1.93. The molecule has 0 aliphatic carbocycles. The second kappa shape index (κ2) is 4.57. The Kier molecular flexibility index (Phi) is 2.98. The number of primary sulfonamides is 1. The van der Waals surface area contributed by atoms with E-state index < -0.39 is 10.0 Å². The lowest BCUT2D eigenvalue weighted by Crippen LogP contribution is -2.27. The molecule has 1 amide bonds. The number of anilines is 1. The average Bonchev–Trinajstić information content (AvgIpc) is 2.93. The molecule has 0 bridgehead atoms. The summed E-state index contributed by atoms with van der Waals surface area (Å²) in [6.07, 6.45) is 1.49. The molecule has 1 aliphatic rings. The number of rotatable bonds is 3. The highest BCUT2D eigenvalue weighted by molar-refractivity contribution is 7.89. The molecule has 1 aromatic heterocycles. The van der Waals surface area contributed by atoms with Gasteiger partial charge in [0.2, 0.25) is 15.9 Å². The summed E-state index contributed by atoms with van der Waals surface area (Å²) in [5, 5.41) is 5.03. The lowest BCUT2D eigenvalue weighted by Gasteiger charge is -2.16. The molecule has 3 rings (SSSR count). The first-order chi connectivity index (χ1) is 9.44. The van der Waals surface area contributed by atoms with E-state index in [2.05, 4.69) is 4.98 Å². The predicted molar refractivity (Wildman–Crippen MR) is 72.4 cm³/mol. The molecular formula is C12H13N3O4S. The molecule has 0 radical (unpaired) electrons. The molecule has 2 aromatic rings. The minimum Gasteiger partial charge on any atom is -0.443 e. The number of sulfonamides is 1. The third kappa shape index (κ3) is 2.39. The summed E-state index contributed by atoms with van der Waals surface area (Å²) in [6.45, 7) is 0.321. The van der Waals surface area contributed by atoms with E-state index in [0.717, 1.165) is 0 Å². The van der Waals surface area contributed by atoms with Crippen LogP contribution in [0.2, 0.25) is 0 Å². The third-order valence-corrected chi connectivity index (χ3v) is 4.24. The number of fused-ring (bicyclic) bond motifs is 1. The Morgan fingerprint density at radius 3 is 3.00 bits per heavy atom. The maximum atomic E-state index is 12.1. The number of para-hydroxylation sites is 1. The van der Waals surface area contributed by atoms with Crippen molar-refractivity contribution in [1.29, 1.82) is 0 Å². The maximum absolute atomic E-state index is 12.1. The topological polar surface area (TPSA) is 106 Å². The lowest BCUT2D eigenvalue weighted by molar-refractivity contribution is -0.117. The SMILES string of the molecule is NS(=O)(=O)CC1CC(=O)N(c2cccc3ocnc23)C1. The molecule has 2 N–H and O–H groups in total. The van der Waals surface area contributed by atoms with E-state index in [9.17, 15) is 13.2 Å². The van der Waals surface area contributed by atoms with Crippen LogP contribution >= 0.6 is 0 Å². The smallest absolute Gasteiger partial charge is 0.227 e. The number of benzene rings is 1. The quantitative estimate of drug-likeness (QED) is 0.885. The van der Waals surface area contributed by atoms with Gasteiger partial charge in [-0.05, 0) is 12.1 Å². The zero-order valence-electron chi connectivity index (χ0n) is 10.5. The average molecular weight is 295 g/mol. The molecule has 1 atom stereocenters. The molecule has 0 spiro atoms. The summed E-state index contributed by atoms with van der Waals surface area (Å²) in [5.41, 5.74) is 1.82. The van der Waals surface area contributed by atoms with Crippen LogP contribution in [0.15, 0.2) is 29.0 Å². The first-order valence-electron chi connectivity index (χ1n) is 6.07. The summed E-state index contributed by atoms with van der Waals surface area (Å²) in [6, 6.07) is 5.29. The van der Waals surface area contributed by atoms with Gasteiger partial charge in [-0.15, -0.1) is 0 Å². The zero-order chi connectivity index (χ0) is 14.3. The molecule has 1 aliphatic heterocycles. The van der Waals surface area contributed by atoms with E-state index in [1.807, 2.05) is 0 Å². The van der Waals surface area contributed by atoms with Crippen molar-refractivity contribution in [3.05, 3.63) is 24.6 Å². The number of amides is 1. The predicted octanol–water partition coefficient (Wildman–Crippen LogP) is 0.469. The number of carbonyl (C=O) groups excluding carboxylic acids is 1. The van der Waals surface area contributed by atoms with Crippen LogP contribution in [0.3, 0.4) is 0 Å². The van der Waals surface area contributed by atoms with E-state index >= 15 is 0 Å². The number of hydrogen-bond donors (Lipinski definition) is 1. The molecule has 2 heterocycles. The molecule has 1 unspecified atom stereocenters. The van der Waals surface area contributed by atoms with Gasteiger partial charge in [-0.2, -0.15) is 0 Å². The van der Waals surface area contributed by atoms with E-state index in [0.29, 0.717) is 23.3 Å². The van der Waals surface area contributed by atoms with Gasteiger partial charge in [0.25, 0.3) is 0 Å². The monoisotopic (exact) mass is 295 g/mol. The molecule has 0 saturated carbocycles. The van der Waals surface area contributed by atoms with Crippen molar-refractivity contribution in [3.63, 3.8) is 0 Å². The summed E-state index contributed by atoms with van der Waals surface area (Å²) < 4.78 is 27.5. The Bertz CT molecular complexity index is 768. The van der Waals surface area contributed by atoms with Gasteiger partial charge in [0, 0.05) is 18.9 Å². The van der Waals surface area contributed by atoms with Crippen LogP contribution in [-0.4, -0.2) is 31.6 Å². The number of aromatic nitrogens is 1. The van der Waals surface area contributed by atoms with Gasteiger partial charge < -0.3 is 9.32 Å². The first-order valence-corrected chi connectivity index (χ1v) is 7.78. The third-order valence-electron chi connectivity index (χ3n) is 3.30. The zero-order valence-corrected chi connectivity index (χ0v) is 11.3. The fraction of sp³-hybridized carbons (Fsp3) is 0.333. The maximum Gasteiger partial charge on any atom is 0.227 e. The second-order valence-corrected chi connectivity index (χ2v) is 6.54. The molecule has 1 aromatic carbocycles. The highest BCUT2D eigenvalue weighted by atomic mass is 32.2. The number of oxazole rings is 1. The Morgan fingerprint density at radius 2 is 2.25 bits per heavy atom. The lowest BCUT2D eigenvalue weighted by atomic mass is 10.1. The Labute approximate surface area is 115 Å². The number of hydrogen-bond acceptors (Lipinski definition) is 5. The standard InChI is InChI=1S/C12H13N3O4S/c13-20(17,18)6-8-4-11(16)15(5-8)9-2-1-3-10-12(9)14-7-19-10/h1-3,7-8H,4-6H2,(H2,13,17,18). The van der Waals surface area contributed by atoms with Crippen LogP contribution in [0.25, 0.3) is 11.1 Å². The van der Waals surface area contributed by atoms with Gasteiger partial charge in [-0.3, -0.25) is 4.79 Å². The van der Waals surface area contributed by atoms with Gasteiger partial charge in [0.1, 0.15) is 5.52 Å². The van der Waals surface area contributed by atoms with Crippen LogP contribution in [0.1, 0.15) is 6.42 Å². The van der Waals surface area contributed by atoms with Gasteiger partial charge in [0.15, 0.2) is 12.0 Å². The van der Waals surface area contributed by atoms with Crippen molar-refractivity contribution < 1.29 is 17.6 Å². The van der Waals surface area contributed by atoms with E-state index in [1.165, 1.54) is 6.39 Å². The summed E-state index contributed by atoms with van der Waals surface area (Å²) in [4.78, 5) is 17.7. The largest absolute Gasteiger partial charge is 0.443 e. The number of nitrogens with two attached hydrogens (primary N) is 1. The van der Waals surface area contributed by atoms with Crippen LogP contribution in [0, 0.1) is 5.92 Å². The van der Waals surface area contributed by atoms with Crippen LogP contribution < -0.4 is 10.0 Å². The summed E-state index contributed by atoms with van der Waals surface area (Å²) in [5.74, 6) is -0.613. The van der Waals surface area contributed by atoms with Crippen molar-refractivity contribution in [2.45, 2.75) is 6.42 Å². The highest BCUT2D eigenvalue weighted by Crippen LogP contribution is 2.31. The van der Waals surface area contributed by atoms with Gasteiger partial charge in [-0.25, -0.2) is 18.5 Å². The van der Waals surface area contributed by atoms with Gasteiger partial charge >= 0.3 is 0 Å². The van der Waals surface area contributed by atoms with E-state index in [-0.39, 0.29) is 24.0 Å². The van der Waals surface area contributed by atoms with Gasteiger partial charge in [-0.1, -0.05) is 6.07 Å². The molecule has 8 heteroatoms. The summed E-state index contributed by atoms with van der Waals surface area (Å²) in [7, 11) is -3.58. The van der Waals surface area contributed by atoms with Crippen molar-refractivity contribution in [3.8, 4) is 0 Å². The minimum absolute atomic E-state index is 0.130. The summed E-state index contributed by atoms with van der Waals surface area (Å²) >= 11 is 0. The van der Waals surface area contributed by atoms with Crippen LogP contribution in [-0.2, 0) is 14.8 Å². The van der Waals surface area contributed by atoms with Crippen molar-refractivity contribution in [2.24, 2.45) is 11.1 Å². The van der Waals surface area contributed by atoms with Crippen LogP contribution in [0.4, 0.5) is 5.69 Å². The minimum atomic E-state index is -3.58. The Morgan fingerprint density at radius 1 is 1.45 bits per heavy atom. The van der Waals surface area contributed by atoms with Gasteiger partial charge in [0.05, 0.1) is 11.4 Å². The normalized spacial score (nSPS) is 19.9. The van der Waals surface area contributed by atoms with Crippen molar-refractivity contribution in [1.82, 2.24) is 4.98 Å². The highest BCUT2D eigenvalue weighted by Gasteiger charge is 2.33. The Balaban J connectivity index is 1.91. The number of carbonyl (C=O) groups is 1.